The van der Waals surface area contributed by atoms with Crippen molar-refractivity contribution in [3.8, 4) is 5.75 Å². The fourth-order valence-corrected chi connectivity index (χ4v) is 3.29. The largest absolute Gasteiger partial charge is 0.491 e. The van der Waals surface area contributed by atoms with Crippen LogP contribution in [0.25, 0.3) is 0 Å². The minimum Gasteiger partial charge on any atom is -0.491 e. The van der Waals surface area contributed by atoms with E-state index in [4.69, 9.17) is 4.74 Å². The molecular weight excluding hydrogens is 298 g/mol. The van der Waals surface area contributed by atoms with E-state index < -0.39 is 0 Å². The highest BCUT2D eigenvalue weighted by atomic mass is 32.2. The van der Waals surface area contributed by atoms with Gasteiger partial charge in [-0.2, -0.15) is 0 Å². The fourth-order valence-electron chi connectivity index (χ4n) is 2.60. The fraction of sp³-hybridized carbons (Fsp3) is 0.529. The molecule has 1 heterocycles. The lowest BCUT2D eigenvalue weighted by molar-refractivity contribution is -0.129. The van der Waals surface area contributed by atoms with Crippen molar-refractivity contribution in [1.82, 2.24) is 4.90 Å². The smallest absolute Gasteiger partial charge is 0.223 e. The van der Waals surface area contributed by atoms with Gasteiger partial charge in [0.25, 0.3) is 0 Å². The summed E-state index contributed by atoms with van der Waals surface area (Å²) in [6, 6.07) is 7.92. The van der Waals surface area contributed by atoms with E-state index in [2.05, 4.69) is 0 Å². The molecule has 1 aliphatic heterocycles. The van der Waals surface area contributed by atoms with Gasteiger partial charge in [0.05, 0.1) is 6.04 Å². The molecule has 120 valence electrons. The normalized spacial score (nSPS) is 19.3. The number of thioether (sulfide) groups is 1. The second kappa shape index (κ2) is 7.68. The quantitative estimate of drug-likeness (QED) is 0.808. The summed E-state index contributed by atoms with van der Waals surface area (Å²) >= 11 is 1.31. The Morgan fingerprint density at radius 3 is 2.86 bits per heavy atom. The second-order valence-corrected chi connectivity index (χ2v) is 7.04. The highest BCUT2D eigenvalue weighted by Gasteiger charge is 2.32. The van der Waals surface area contributed by atoms with Gasteiger partial charge in [-0.05, 0) is 31.4 Å². The third-order valence-electron chi connectivity index (χ3n) is 3.87. The van der Waals surface area contributed by atoms with Gasteiger partial charge < -0.3 is 9.64 Å². The predicted molar refractivity (Wildman–Crippen MR) is 89.1 cm³/mol. The Morgan fingerprint density at radius 2 is 2.18 bits per heavy atom. The minimum atomic E-state index is 0.0411. The molecule has 0 aromatic heterocycles. The van der Waals surface area contributed by atoms with E-state index in [1.54, 1.807) is 6.92 Å². The van der Waals surface area contributed by atoms with Gasteiger partial charge in [0.1, 0.15) is 12.4 Å². The van der Waals surface area contributed by atoms with Crippen molar-refractivity contribution in [3.05, 3.63) is 29.8 Å². The zero-order valence-electron chi connectivity index (χ0n) is 13.4. The van der Waals surface area contributed by atoms with Crippen molar-refractivity contribution in [3.63, 3.8) is 0 Å². The summed E-state index contributed by atoms with van der Waals surface area (Å²) in [4.78, 5) is 25.0. The summed E-state index contributed by atoms with van der Waals surface area (Å²) in [6.45, 7) is 6.80. The van der Waals surface area contributed by atoms with Crippen LogP contribution in [0.15, 0.2) is 24.3 Å². The Morgan fingerprint density at radius 1 is 1.45 bits per heavy atom. The van der Waals surface area contributed by atoms with Crippen molar-refractivity contribution in [2.24, 2.45) is 5.92 Å². The van der Waals surface area contributed by atoms with Crippen LogP contribution in [-0.2, 0) is 9.59 Å². The number of rotatable bonds is 6. The SMILES string of the molecule is CC(=O)SCC1CC(=O)N(C(C)COc2ccccc2C)C1. The van der Waals surface area contributed by atoms with E-state index in [0.29, 0.717) is 13.0 Å². The Hall–Kier alpha value is -1.49. The van der Waals surface area contributed by atoms with E-state index in [1.807, 2.05) is 43.0 Å². The maximum absolute atomic E-state index is 12.1. The van der Waals surface area contributed by atoms with Gasteiger partial charge >= 0.3 is 0 Å². The third-order valence-corrected chi connectivity index (χ3v) is 4.91. The number of carbonyl (C=O) groups is 2. The summed E-state index contributed by atoms with van der Waals surface area (Å²) in [6.07, 6.45) is 0.537. The van der Waals surface area contributed by atoms with Crippen LogP contribution < -0.4 is 4.74 Å². The molecule has 2 rings (SSSR count). The Kier molecular flexibility index (Phi) is 5.89. The highest BCUT2D eigenvalue weighted by Crippen LogP contribution is 2.24. The number of benzene rings is 1. The van der Waals surface area contributed by atoms with E-state index in [0.717, 1.165) is 23.6 Å². The zero-order chi connectivity index (χ0) is 16.1. The predicted octanol–water partition coefficient (Wildman–Crippen LogP) is 2.89. The number of aryl methyl sites for hydroxylation is 1. The highest BCUT2D eigenvalue weighted by molar-refractivity contribution is 8.13. The maximum Gasteiger partial charge on any atom is 0.223 e. The molecule has 0 N–H and O–H groups in total. The first kappa shape index (κ1) is 16.9. The first-order valence-electron chi connectivity index (χ1n) is 7.58. The van der Waals surface area contributed by atoms with Crippen LogP contribution in [0.1, 0.15) is 25.8 Å². The lowest BCUT2D eigenvalue weighted by Crippen LogP contribution is -2.38. The molecule has 1 aliphatic rings. The van der Waals surface area contributed by atoms with Gasteiger partial charge in [0, 0.05) is 25.6 Å². The van der Waals surface area contributed by atoms with Crippen LogP contribution in [0.2, 0.25) is 0 Å². The topological polar surface area (TPSA) is 46.6 Å². The molecule has 2 atom stereocenters. The van der Waals surface area contributed by atoms with Gasteiger partial charge in [0.15, 0.2) is 5.12 Å². The lowest BCUT2D eigenvalue weighted by Gasteiger charge is -2.25. The molecule has 5 heteroatoms. The lowest BCUT2D eigenvalue weighted by atomic mass is 10.1. The summed E-state index contributed by atoms with van der Waals surface area (Å²) in [5.74, 6) is 2.02. The van der Waals surface area contributed by atoms with Crippen LogP contribution in [0, 0.1) is 12.8 Å². The van der Waals surface area contributed by atoms with Crippen LogP contribution in [0.5, 0.6) is 5.75 Å². The molecule has 0 spiro atoms. The molecule has 22 heavy (non-hydrogen) atoms. The van der Waals surface area contributed by atoms with E-state index in [1.165, 1.54) is 11.8 Å². The van der Waals surface area contributed by atoms with Gasteiger partial charge in [-0.15, -0.1) is 0 Å². The standard InChI is InChI=1S/C17H23NO3S/c1-12-6-4-5-7-16(12)21-10-13(2)18-9-15(8-17(18)20)11-22-14(3)19/h4-7,13,15H,8-11H2,1-3H3. The van der Waals surface area contributed by atoms with E-state index in [-0.39, 0.29) is 23.0 Å². The maximum atomic E-state index is 12.1. The van der Waals surface area contributed by atoms with Gasteiger partial charge in [-0.1, -0.05) is 30.0 Å². The van der Waals surface area contributed by atoms with Crippen molar-refractivity contribution in [1.29, 1.82) is 0 Å². The molecule has 1 fully saturated rings. The number of nitrogens with zero attached hydrogens (tertiary/aromatic N) is 1. The zero-order valence-corrected chi connectivity index (χ0v) is 14.2. The molecule has 0 saturated carbocycles. The number of ether oxygens (including phenoxy) is 1. The monoisotopic (exact) mass is 321 g/mol. The third kappa shape index (κ3) is 4.50. The first-order valence-corrected chi connectivity index (χ1v) is 8.57. The molecule has 1 saturated heterocycles. The summed E-state index contributed by atoms with van der Waals surface area (Å²) in [5.41, 5.74) is 1.10. The Labute approximate surface area is 136 Å². The minimum absolute atomic E-state index is 0.0411. The van der Waals surface area contributed by atoms with Crippen LogP contribution in [0.4, 0.5) is 0 Å². The van der Waals surface area contributed by atoms with E-state index >= 15 is 0 Å². The molecule has 1 aromatic carbocycles. The average Bonchev–Trinajstić information content (AvgIpc) is 2.85. The summed E-state index contributed by atoms with van der Waals surface area (Å²) in [5, 5.41) is 0.113. The van der Waals surface area contributed by atoms with Crippen LogP contribution in [-0.4, -0.2) is 40.9 Å². The number of amides is 1. The van der Waals surface area contributed by atoms with Crippen molar-refractivity contribution >= 4 is 22.8 Å². The van der Waals surface area contributed by atoms with Gasteiger partial charge in [-0.3, -0.25) is 9.59 Å². The van der Waals surface area contributed by atoms with Crippen LogP contribution >= 0.6 is 11.8 Å². The molecular formula is C17H23NO3S. The van der Waals surface area contributed by atoms with Crippen molar-refractivity contribution < 1.29 is 14.3 Å². The number of hydrogen-bond donors (Lipinski definition) is 0. The molecule has 0 radical (unpaired) electrons. The molecule has 4 nitrogen and oxygen atoms in total. The van der Waals surface area contributed by atoms with Crippen molar-refractivity contribution in [2.45, 2.75) is 33.2 Å². The van der Waals surface area contributed by atoms with Gasteiger partial charge in [-0.25, -0.2) is 0 Å². The molecule has 1 amide bonds. The summed E-state index contributed by atoms with van der Waals surface area (Å²) < 4.78 is 5.84. The number of hydrogen-bond acceptors (Lipinski definition) is 4. The average molecular weight is 321 g/mol. The number of carbonyl (C=O) groups excluding carboxylic acids is 2. The van der Waals surface area contributed by atoms with Crippen LogP contribution in [0.3, 0.4) is 0 Å². The summed E-state index contributed by atoms with van der Waals surface area (Å²) in [7, 11) is 0. The molecule has 2 unspecified atom stereocenters. The van der Waals surface area contributed by atoms with Gasteiger partial charge in [0.2, 0.25) is 5.91 Å². The molecule has 1 aromatic rings. The molecule has 0 aliphatic carbocycles. The number of likely N-dealkylation sites (tertiary alicyclic amines) is 1. The molecule has 0 bridgehead atoms. The Balaban J connectivity index is 1.84. The van der Waals surface area contributed by atoms with E-state index in [9.17, 15) is 9.59 Å². The first-order chi connectivity index (χ1) is 10.5. The van der Waals surface area contributed by atoms with Crippen molar-refractivity contribution in [2.75, 3.05) is 18.9 Å². The second-order valence-electron chi connectivity index (χ2n) is 5.84. The Bertz CT molecular complexity index is 546. The number of para-hydroxylation sites is 1.